The molecule has 0 saturated heterocycles. The summed E-state index contributed by atoms with van der Waals surface area (Å²) in [4.78, 5) is 13.8. The predicted molar refractivity (Wildman–Crippen MR) is 67.3 cm³/mol. The minimum absolute atomic E-state index is 0.00544. The van der Waals surface area contributed by atoms with E-state index in [4.69, 9.17) is 5.73 Å². The average Bonchev–Trinajstić information content (AvgIpc) is 2.30. The summed E-state index contributed by atoms with van der Waals surface area (Å²) in [6, 6.07) is 6.99. The summed E-state index contributed by atoms with van der Waals surface area (Å²) in [5.41, 5.74) is 7.03. The average molecular weight is 221 g/mol. The summed E-state index contributed by atoms with van der Waals surface area (Å²) in [6.45, 7) is 4.75. The number of nitrogens with two attached hydrogens (primary N) is 1. The topological polar surface area (TPSA) is 58.4 Å². The number of rotatable bonds is 4. The highest BCUT2D eigenvalue weighted by atomic mass is 16.2. The minimum Gasteiger partial charge on any atom is -0.399 e. The molecule has 0 aliphatic carbocycles. The Morgan fingerprint density at radius 1 is 1.44 bits per heavy atom. The molecule has 0 bridgehead atoms. The Balaban J connectivity index is 2.60. The second-order valence-electron chi connectivity index (χ2n) is 3.86. The maximum atomic E-state index is 11.8. The lowest BCUT2D eigenvalue weighted by molar-refractivity contribution is -0.120. The Hall–Kier alpha value is -1.55. The number of amides is 1. The van der Waals surface area contributed by atoms with Crippen LogP contribution in [-0.4, -0.2) is 30.4 Å². The number of nitrogens with zero attached hydrogens (tertiary/aromatic N) is 1. The predicted octanol–water partition coefficient (Wildman–Crippen LogP) is 1.55. The van der Waals surface area contributed by atoms with Crippen molar-refractivity contribution >= 4 is 17.3 Å². The first-order valence-corrected chi connectivity index (χ1v) is 5.41. The van der Waals surface area contributed by atoms with Crippen molar-refractivity contribution in [3.63, 3.8) is 0 Å². The van der Waals surface area contributed by atoms with Crippen LogP contribution in [0.5, 0.6) is 0 Å². The van der Waals surface area contributed by atoms with Crippen LogP contribution in [0.3, 0.4) is 0 Å². The van der Waals surface area contributed by atoms with Crippen LogP contribution in [0.1, 0.15) is 13.8 Å². The molecule has 4 heteroatoms. The molecule has 1 unspecified atom stereocenters. The Bertz CT molecular complexity index is 348. The quantitative estimate of drug-likeness (QED) is 0.758. The highest BCUT2D eigenvalue weighted by Gasteiger charge is 2.16. The van der Waals surface area contributed by atoms with Crippen LogP contribution >= 0.6 is 0 Å². The van der Waals surface area contributed by atoms with Crippen molar-refractivity contribution in [2.24, 2.45) is 0 Å². The summed E-state index contributed by atoms with van der Waals surface area (Å²) in [6.07, 6.45) is 0. The van der Waals surface area contributed by atoms with Gasteiger partial charge >= 0.3 is 0 Å². The normalized spacial score (nSPS) is 12.5. The molecular formula is C12H19N3O. The number of nitrogen functional groups attached to an aromatic ring is 1. The lowest BCUT2D eigenvalue weighted by Gasteiger charge is -2.22. The molecule has 0 aliphatic heterocycles. The monoisotopic (exact) mass is 221 g/mol. The van der Waals surface area contributed by atoms with Gasteiger partial charge in [-0.1, -0.05) is 6.92 Å². The smallest absolute Gasteiger partial charge is 0.241 e. The molecule has 1 aromatic carbocycles. The van der Waals surface area contributed by atoms with Gasteiger partial charge in [0.1, 0.15) is 0 Å². The van der Waals surface area contributed by atoms with Crippen molar-refractivity contribution in [1.82, 2.24) is 4.90 Å². The van der Waals surface area contributed by atoms with Crippen LogP contribution in [0.15, 0.2) is 24.3 Å². The van der Waals surface area contributed by atoms with Crippen molar-refractivity contribution < 1.29 is 4.79 Å². The molecule has 0 aliphatic rings. The number of hydrogen-bond acceptors (Lipinski definition) is 3. The molecule has 0 saturated carbocycles. The van der Waals surface area contributed by atoms with Crippen LogP contribution < -0.4 is 11.1 Å². The van der Waals surface area contributed by atoms with Crippen molar-refractivity contribution in [2.75, 3.05) is 24.6 Å². The molecule has 0 radical (unpaired) electrons. The van der Waals surface area contributed by atoms with Gasteiger partial charge in [-0.2, -0.15) is 0 Å². The molecule has 0 heterocycles. The van der Waals surface area contributed by atoms with Gasteiger partial charge in [0.25, 0.3) is 0 Å². The van der Waals surface area contributed by atoms with Gasteiger partial charge in [0.2, 0.25) is 5.91 Å². The molecular weight excluding hydrogens is 202 g/mol. The number of likely N-dealkylation sites (N-methyl/N-ethyl adjacent to an activating group) is 1. The van der Waals surface area contributed by atoms with E-state index in [2.05, 4.69) is 5.32 Å². The first kappa shape index (κ1) is 12.5. The highest BCUT2D eigenvalue weighted by molar-refractivity contribution is 5.94. The second-order valence-corrected chi connectivity index (χ2v) is 3.86. The fourth-order valence-corrected chi connectivity index (χ4v) is 1.29. The van der Waals surface area contributed by atoms with Crippen molar-refractivity contribution in [3.05, 3.63) is 24.3 Å². The van der Waals surface area contributed by atoms with E-state index < -0.39 is 0 Å². The fraction of sp³-hybridized carbons (Fsp3) is 0.417. The Kier molecular flexibility index (Phi) is 4.31. The molecule has 1 rings (SSSR count). The van der Waals surface area contributed by atoms with Gasteiger partial charge in [-0.25, -0.2) is 0 Å². The lowest BCUT2D eigenvalue weighted by atomic mass is 10.2. The number of nitrogens with one attached hydrogen (secondary N) is 1. The van der Waals surface area contributed by atoms with Crippen LogP contribution in [-0.2, 0) is 4.79 Å². The van der Waals surface area contributed by atoms with Gasteiger partial charge < -0.3 is 11.1 Å². The van der Waals surface area contributed by atoms with Crippen molar-refractivity contribution in [1.29, 1.82) is 0 Å². The lowest BCUT2D eigenvalue weighted by Crippen LogP contribution is -2.39. The molecule has 1 amide bonds. The second kappa shape index (κ2) is 5.51. The highest BCUT2D eigenvalue weighted by Crippen LogP contribution is 2.11. The van der Waals surface area contributed by atoms with Crippen molar-refractivity contribution in [3.8, 4) is 0 Å². The van der Waals surface area contributed by atoms with E-state index >= 15 is 0 Å². The van der Waals surface area contributed by atoms with Crippen LogP contribution in [0.25, 0.3) is 0 Å². The first-order valence-electron chi connectivity index (χ1n) is 5.41. The molecule has 1 atom stereocenters. The summed E-state index contributed by atoms with van der Waals surface area (Å²) in [7, 11) is 1.92. The maximum absolute atomic E-state index is 11.8. The van der Waals surface area contributed by atoms with E-state index in [0.717, 1.165) is 12.2 Å². The largest absolute Gasteiger partial charge is 0.399 e. The number of benzene rings is 1. The molecule has 88 valence electrons. The molecule has 1 aromatic rings. The first-order chi connectivity index (χ1) is 7.54. The van der Waals surface area contributed by atoms with Gasteiger partial charge in [0, 0.05) is 11.4 Å². The Morgan fingerprint density at radius 2 is 2.00 bits per heavy atom. The van der Waals surface area contributed by atoms with E-state index in [-0.39, 0.29) is 11.9 Å². The maximum Gasteiger partial charge on any atom is 0.241 e. The molecule has 16 heavy (non-hydrogen) atoms. The van der Waals surface area contributed by atoms with E-state index in [0.29, 0.717) is 5.69 Å². The zero-order chi connectivity index (χ0) is 12.1. The summed E-state index contributed by atoms with van der Waals surface area (Å²) in [5.74, 6) is -0.00544. The van der Waals surface area contributed by atoms with Gasteiger partial charge in [-0.05, 0) is 44.8 Å². The van der Waals surface area contributed by atoms with E-state index in [1.54, 1.807) is 24.3 Å². The summed E-state index contributed by atoms with van der Waals surface area (Å²) >= 11 is 0. The third kappa shape index (κ3) is 3.24. The standard InChI is InChI=1S/C12H19N3O/c1-4-15(3)9(2)12(16)14-11-7-5-10(13)6-8-11/h5-9H,4,13H2,1-3H3,(H,14,16). The van der Waals surface area contributed by atoms with Gasteiger partial charge in [-0.15, -0.1) is 0 Å². The van der Waals surface area contributed by atoms with Crippen molar-refractivity contribution in [2.45, 2.75) is 19.9 Å². The number of carbonyl (C=O) groups excluding carboxylic acids is 1. The van der Waals surface area contributed by atoms with E-state index in [9.17, 15) is 4.79 Å². The van der Waals surface area contributed by atoms with Gasteiger partial charge in [0.15, 0.2) is 0 Å². The molecule has 0 spiro atoms. The van der Waals surface area contributed by atoms with Crippen LogP contribution in [0.4, 0.5) is 11.4 Å². The molecule has 0 aromatic heterocycles. The van der Waals surface area contributed by atoms with Gasteiger partial charge in [0.05, 0.1) is 6.04 Å². The third-order valence-corrected chi connectivity index (χ3v) is 2.72. The van der Waals surface area contributed by atoms with Crippen LogP contribution in [0.2, 0.25) is 0 Å². The number of carbonyl (C=O) groups is 1. The molecule has 4 nitrogen and oxygen atoms in total. The third-order valence-electron chi connectivity index (χ3n) is 2.72. The van der Waals surface area contributed by atoms with E-state index in [1.165, 1.54) is 0 Å². The number of hydrogen-bond donors (Lipinski definition) is 2. The minimum atomic E-state index is -0.137. The number of anilines is 2. The Morgan fingerprint density at radius 3 is 2.50 bits per heavy atom. The van der Waals surface area contributed by atoms with Gasteiger partial charge in [-0.3, -0.25) is 9.69 Å². The van der Waals surface area contributed by atoms with Crippen LogP contribution in [0, 0.1) is 0 Å². The molecule has 0 fully saturated rings. The zero-order valence-electron chi connectivity index (χ0n) is 10.0. The summed E-state index contributed by atoms with van der Waals surface area (Å²) in [5, 5.41) is 2.85. The Labute approximate surface area is 96.4 Å². The fourth-order valence-electron chi connectivity index (χ4n) is 1.29. The zero-order valence-corrected chi connectivity index (χ0v) is 10.0. The summed E-state index contributed by atoms with van der Waals surface area (Å²) < 4.78 is 0. The molecule has 3 N–H and O–H groups in total. The SMILES string of the molecule is CCN(C)C(C)C(=O)Nc1ccc(N)cc1. The van der Waals surface area contributed by atoms with E-state index in [1.807, 2.05) is 25.8 Å².